The van der Waals surface area contributed by atoms with Crippen molar-refractivity contribution in [3.8, 4) is 0 Å². The topological polar surface area (TPSA) is 26.0 Å². The molecule has 168 valence electrons. The van der Waals surface area contributed by atoms with Gasteiger partial charge in [-0.3, -0.25) is 0 Å². The van der Waals surface area contributed by atoms with Gasteiger partial charge in [-0.1, -0.05) is 39.8 Å². The fourth-order valence-corrected chi connectivity index (χ4v) is 13.4. The molecule has 8 aliphatic carbocycles. The summed E-state index contributed by atoms with van der Waals surface area (Å²) in [5, 5.41) is 0. The smallest absolute Gasteiger partial charge is 0.0314 e. The molecule has 4 unspecified atom stereocenters. The Morgan fingerprint density at radius 1 is 0.581 bits per heavy atom. The number of benzene rings is 1. The lowest BCUT2D eigenvalue weighted by molar-refractivity contribution is -0.270. The lowest BCUT2D eigenvalue weighted by Crippen LogP contribution is -2.69. The molecule has 8 bridgehead atoms. The lowest BCUT2D eigenvalue weighted by Gasteiger charge is -2.78. The van der Waals surface area contributed by atoms with E-state index >= 15 is 0 Å². The Morgan fingerprint density at radius 2 is 1.10 bits per heavy atom. The Morgan fingerprint density at radius 3 is 1.65 bits per heavy atom. The van der Waals surface area contributed by atoms with Crippen LogP contribution in [0.25, 0.3) is 0 Å². The van der Waals surface area contributed by atoms with Gasteiger partial charge in [0.25, 0.3) is 0 Å². The first kappa shape index (κ1) is 19.5. The molecular formula is C30H43N. The van der Waals surface area contributed by atoms with Gasteiger partial charge in [0.15, 0.2) is 0 Å². The molecule has 0 radical (unpaired) electrons. The number of hydrogen-bond acceptors (Lipinski definition) is 1. The Balaban J connectivity index is 1.40. The summed E-state index contributed by atoms with van der Waals surface area (Å²) in [6, 6.07) is 9.17. The van der Waals surface area contributed by atoms with Crippen LogP contribution in [0.1, 0.15) is 110 Å². The zero-order chi connectivity index (χ0) is 21.5. The van der Waals surface area contributed by atoms with Gasteiger partial charge >= 0.3 is 0 Å². The number of anilines is 1. The second-order valence-electron chi connectivity index (χ2n) is 15.8. The summed E-state index contributed by atoms with van der Waals surface area (Å²) >= 11 is 0. The van der Waals surface area contributed by atoms with Crippen molar-refractivity contribution in [1.29, 1.82) is 0 Å². The normalized spacial score (nSPS) is 58.8. The highest BCUT2D eigenvalue weighted by Gasteiger charge is 2.74. The highest BCUT2D eigenvalue weighted by Crippen LogP contribution is 2.83. The first-order valence-electron chi connectivity index (χ1n) is 13.3. The van der Waals surface area contributed by atoms with E-state index in [-0.39, 0.29) is 0 Å². The minimum atomic E-state index is 0.386. The van der Waals surface area contributed by atoms with E-state index in [0.717, 1.165) is 11.6 Å². The average Bonchev–Trinajstić information content (AvgIpc) is 2.55. The summed E-state index contributed by atoms with van der Waals surface area (Å²) in [6.45, 7) is 10.7. The van der Waals surface area contributed by atoms with E-state index < -0.39 is 0 Å². The number of rotatable bonds is 2. The van der Waals surface area contributed by atoms with Crippen LogP contribution in [0.2, 0.25) is 0 Å². The highest BCUT2D eigenvalue weighted by molar-refractivity contribution is 5.43. The zero-order valence-electron chi connectivity index (χ0n) is 20.4. The second kappa shape index (κ2) is 5.23. The molecule has 8 aliphatic rings. The molecule has 0 heterocycles. The van der Waals surface area contributed by atoms with E-state index in [1.54, 1.807) is 12.0 Å². The van der Waals surface area contributed by atoms with Gasteiger partial charge in [0.1, 0.15) is 0 Å². The van der Waals surface area contributed by atoms with Gasteiger partial charge in [0, 0.05) is 5.69 Å². The zero-order valence-corrected chi connectivity index (χ0v) is 20.4. The summed E-state index contributed by atoms with van der Waals surface area (Å²) in [6.07, 6.45) is 18.0. The van der Waals surface area contributed by atoms with Crippen LogP contribution in [0.5, 0.6) is 0 Å². The highest BCUT2D eigenvalue weighted by atomic mass is 14.8. The van der Waals surface area contributed by atoms with Crippen LogP contribution in [0.15, 0.2) is 24.3 Å². The fourth-order valence-electron chi connectivity index (χ4n) is 13.4. The van der Waals surface area contributed by atoms with Crippen LogP contribution >= 0.6 is 0 Å². The maximum Gasteiger partial charge on any atom is 0.0314 e. The van der Waals surface area contributed by atoms with Gasteiger partial charge in [-0.05, 0) is 139 Å². The van der Waals surface area contributed by atoms with Gasteiger partial charge in [-0.15, -0.1) is 0 Å². The standard InChI is InChI=1S/C30H43N/c1-24-9-21-10-25(2,12-24)17-29(11-21,16-24)30-18-26(3)13-27(4,19-30)15-28(14-26,20-30)22-5-7-23(31)8-6-22/h5-8,21H,9-20,31H2,1-4H3. The third kappa shape index (κ3) is 2.45. The summed E-state index contributed by atoms with van der Waals surface area (Å²) in [5.74, 6) is 1.01. The third-order valence-electron chi connectivity index (χ3n) is 11.9. The molecular weight excluding hydrogens is 374 g/mol. The van der Waals surface area contributed by atoms with Crippen molar-refractivity contribution >= 4 is 5.69 Å². The number of hydrogen-bond donors (Lipinski definition) is 1. The average molecular weight is 418 g/mol. The van der Waals surface area contributed by atoms with Crippen LogP contribution in [-0.4, -0.2) is 0 Å². The summed E-state index contributed by atoms with van der Waals surface area (Å²) in [4.78, 5) is 0. The molecule has 0 aromatic heterocycles. The molecule has 8 fully saturated rings. The molecule has 1 aromatic rings. The largest absolute Gasteiger partial charge is 0.399 e. The van der Waals surface area contributed by atoms with Crippen molar-refractivity contribution in [3.05, 3.63) is 29.8 Å². The molecule has 4 atom stereocenters. The van der Waals surface area contributed by atoms with E-state index in [4.69, 9.17) is 5.73 Å². The molecule has 0 saturated heterocycles. The molecule has 1 heteroatoms. The van der Waals surface area contributed by atoms with Crippen LogP contribution < -0.4 is 5.73 Å². The van der Waals surface area contributed by atoms with Crippen molar-refractivity contribution in [1.82, 2.24) is 0 Å². The van der Waals surface area contributed by atoms with E-state index in [0.29, 0.717) is 37.9 Å². The van der Waals surface area contributed by atoms with Crippen LogP contribution in [0, 0.1) is 38.4 Å². The summed E-state index contributed by atoms with van der Waals surface area (Å²) in [5.41, 5.74) is 12.5. The van der Waals surface area contributed by atoms with Crippen molar-refractivity contribution in [2.45, 2.75) is 110 Å². The summed E-state index contributed by atoms with van der Waals surface area (Å²) < 4.78 is 0. The molecule has 31 heavy (non-hydrogen) atoms. The van der Waals surface area contributed by atoms with E-state index in [9.17, 15) is 0 Å². The Bertz CT molecular complexity index is 919. The molecule has 2 N–H and O–H groups in total. The Hall–Kier alpha value is -0.980. The minimum Gasteiger partial charge on any atom is -0.399 e. The van der Waals surface area contributed by atoms with Crippen molar-refractivity contribution < 1.29 is 0 Å². The van der Waals surface area contributed by atoms with Crippen LogP contribution in [-0.2, 0) is 5.41 Å². The number of nitrogens with two attached hydrogens (primary N) is 1. The first-order chi connectivity index (χ1) is 14.4. The molecule has 1 aromatic carbocycles. The van der Waals surface area contributed by atoms with Crippen LogP contribution in [0.4, 0.5) is 5.69 Å². The van der Waals surface area contributed by atoms with Gasteiger partial charge in [0.05, 0.1) is 0 Å². The molecule has 0 aliphatic heterocycles. The van der Waals surface area contributed by atoms with Crippen molar-refractivity contribution in [2.24, 2.45) is 38.4 Å². The van der Waals surface area contributed by atoms with E-state index in [1.807, 2.05) is 0 Å². The first-order valence-corrected chi connectivity index (χ1v) is 13.3. The van der Waals surface area contributed by atoms with Crippen molar-refractivity contribution in [3.63, 3.8) is 0 Å². The van der Waals surface area contributed by atoms with Gasteiger partial charge in [-0.25, -0.2) is 0 Å². The quantitative estimate of drug-likeness (QED) is 0.486. The monoisotopic (exact) mass is 417 g/mol. The minimum absolute atomic E-state index is 0.386. The van der Waals surface area contributed by atoms with E-state index in [2.05, 4.69) is 52.0 Å². The second-order valence-corrected chi connectivity index (χ2v) is 15.8. The van der Waals surface area contributed by atoms with Gasteiger partial charge in [0.2, 0.25) is 0 Å². The SMILES string of the molecule is CC12CC3CC(C)(C1)CC(C14CC5(C)CC(C)(CC(c6ccc(N)cc6)(C5)C1)C4)(C3)C2. The summed E-state index contributed by atoms with van der Waals surface area (Å²) in [7, 11) is 0. The maximum absolute atomic E-state index is 6.13. The predicted molar refractivity (Wildman–Crippen MR) is 129 cm³/mol. The van der Waals surface area contributed by atoms with Crippen molar-refractivity contribution in [2.75, 3.05) is 5.73 Å². The predicted octanol–water partition coefficient (Wildman–Crippen LogP) is 7.88. The van der Waals surface area contributed by atoms with E-state index in [1.165, 1.54) is 70.6 Å². The molecule has 1 nitrogen and oxygen atoms in total. The molecule has 0 amide bonds. The van der Waals surface area contributed by atoms with Gasteiger partial charge in [-0.2, -0.15) is 0 Å². The lowest BCUT2D eigenvalue weighted by atomic mass is 9.26. The fraction of sp³-hybridized carbons (Fsp3) is 0.800. The molecule has 9 rings (SSSR count). The third-order valence-corrected chi connectivity index (χ3v) is 11.9. The van der Waals surface area contributed by atoms with Gasteiger partial charge < -0.3 is 5.73 Å². The molecule has 0 spiro atoms. The Labute approximate surface area is 189 Å². The Kier molecular flexibility index (Phi) is 3.29. The van der Waals surface area contributed by atoms with Crippen LogP contribution in [0.3, 0.4) is 0 Å². The maximum atomic E-state index is 6.13. The molecule has 8 saturated carbocycles. The number of nitrogen functional groups attached to an aromatic ring is 1.